The third-order valence-electron chi connectivity index (χ3n) is 3.23. The summed E-state index contributed by atoms with van der Waals surface area (Å²) >= 11 is 0. The monoisotopic (exact) mass is 279 g/mol. The summed E-state index contributed by atoms with van der Waals surface area (Å²) in [5, 5.41) is 20.8. The SMILES string of the molecule is CN(C)C(=O)c1ccc([N+](=O)[O-])c(N2CC(C)(O)C2)c1. The number of amides is 1. The topological polar surface area (TPSA) is 86.9 Å². The average molecular weight is 279 g/mol. The molecule has 7 nitrogen and oxygen atoms in total. The minimum Gasteiger partial charge on any atom is -0.386 e. The van der Waals surface area contributed by atoms with E-state index in [0.29, 0.717) is 24.3 Å². The molecule has 1 heterocycles. The number of benzene rings is 1. The zero-order valence-electron chi connectivity index (χ0n) is 11.7. The number of nitrogens with zero attached hydrogens (tertiary/aromatic N) is 3. The van der Waals surface area contributed by atoms with Crippen LogP contribution in [0.3, 0.4) is 0 Å². The molecule has 7 heteroatoms. The summed E-state index contributed by atoms with van der Waals surface area (Å²) in [6, 6.07) is 4.29. The van der Waals surface area contributed by atoms with Crippen molar-refractivity contribution < 1.29 is 14.8 Å². The van der Waals surface area contributed by atoms with Gasteiger partial charge in [-0.2, -0.15) is 0 Å². The Morgan fingerprint density at radius 1 is 1.45 bits per heavy atom. The Kier molecular flexibility index (Phi) is 3.39. The first kappa shape index (κ1) is 14.3. The van der Waals surface area contributed by atoms with Gasteiger partial charge in [0.25, 0.3) is 11.6 Å². The molecule has 1 fully saturated rings. The lowest BCUT2D eigenvalue weighted by atomic mass is 9.95. The number of carbonyl (C=O) groups is 1. The van der Waals surface area contributed by atoms with Crippen LogP contribution in [-0.4, -0.2) is 53.6 Å². The molecule has 108 valence electrons. The Morgan fingerprint density at radius 3 is 2.50 bits per heavy atom. The Labute approximate surface area is 116 Å². The Balaban J connectivity index is 2.38. The molecule has 0 unspecified atom stereocenters. The number of hydrogen-bond donors (Lipinski definition) is 1. The lowest BCUT2D eigenvalue weighted by Gasteiger charge is -2.45. The molecule has 20 heavy (non-hydrogen) atoms. The zero-order chi connectivity index (χ0) is 15.1. The molecule has 1 aliphatic rings. The molecule has 1 aromatic carbocycles. The van der Waals surface area contributed by atoms with Crippen LogP contribution >= 0.6 is 0 Å². The zero-order valence-corrected chi connectivity index (χ0v) is 11.7. The van der Waals surface area contributed by atoms with E-state index in [1.54, 1.807) is 25.9 Å². The van der Waals surface area contributed by atoms with Gasteiger partial charge in [0.1, 0.15) is 5.69 Å². The predicted molar refractivity (Wildman–Crippen MR) is 74.0 cm³/mol. The standard InChI is InChI=1S/C13H17N3O4/c1-13(18)7-15(8-13)11-6-9(12(17)14(2)3)4-5-10(11)16(19)20/h4-6,18H,7-8H2,1-3H3. The second-order valence-electron chi connectivity index (χ2n) is 5.51. The van der Waals surface area contributed by atoms with Crippen LogP contribution in [-0.2, 0) is 0 Å². The Hall–Kier alpha value is -2.15. The van der Waals surface area contributed by atoms with E-state index in [-0.39, 0.29) is 11.6 Å². The molecule has 0 saturated carbocycles. The molecular weight excluding hydrogens is 262 g/mol. The first-order chi connectivity index (χ1) is 9.21. The minimum absolute atomic E-state index is 0.0594. The van der Waals surface area contributed by atoms with Gasteiger partial charge in [-0.3, -0.25) is 14.9 Å². The molecule has 0 atom stereocenters. The largest absolute Gasteiger partial charge is 0.386 e. The molecule has 0 aromatic heterocycles. The summed E-state index contributed by atoms with van der Waals surface area (Å²) in [4.78, 5) is 25.6. The molecule has 1 aromatic rings. The highest BCUT2D eigenvalue weighted by molar-refractivity contribution is 5.95. The molecule has 1 amide bonds. The fourth-order valence-corrected chi connectivity index (χ4v) is 2.27. The van der Waals surface area contributed by atoms with Gasteiger partial charge in [0.15, 0.2) is 0 Å². The highest BCUT2D eigenvalue weighted by Gasteiger charge is 2.39. The molecule has 0 bridgehead atoms. The summed E-state index contributed by atoms with van der Waals surface area (Å²) in [6.45, 7) is 2.30. The highest BCUT2D eigenvalue weighted by Crippen LogP contribution is 2.35. The molecule has 1 aliphatic heterocycles. The second-order valence-corrected chi connectivity index (χ2v) is 5.51. The van der Waals surface area contributed by atoms with E-state index in [2.05, 4.69) is 0 Å². The van der Waals surface area contributed by atoms with Gasteiger partial charge in [-0.15, -0.1) is 0 Å². The minimum atomic E-state index is -0.838. The molecule has 1 N–H and O–H groups in total. The normalized spacial score (nSPS) is 16.5. The van der Waals surface area contributed by atoms with E-state index in [1.165, 1.54) is 23.1 Å². The first-order valence-corrected chi connectivity index (χ1v) is 6.19. The maximum absolute atomic E-state index is 11.9. The number of carbonyl (C=O) groups excluding carboxylic acids is 1. The van der Waals surface area contributed by atoms with Crippen molar-refractivity contribution in [2.24, 2.45) is 0 Å². The number of nitro groups is 1. The van der Waals surface area contributed by atoms with Gasteiger partial charge < -0.3 is 14.9 Å². The van der Waals surface area contributed by atoms with Crippen LogP contribution in [0.25, 0.3) is 0 Å². The maximum atomic E-state index is 11.9. The summed E-state index contributed by atoms with van der Waals surface area (Å²) in [5.41, 5.74) is -0.137. The van der Waals surface area contributed by atoms with Crippen LogP contribution in [0.4, 0.5) is 11.4 Å². The smallest absolute Gasteiger partial charge is 0.292 e. The lowest BCUT2D eigenvalue weighted by Crippen LogP contribution is -2.60. The fourth-order valence-electron chi connectivity index (χ4n) is 2.27. The van der Waals surface area contributed by atoms with E-state index in [4.69, 9.17) is 0 Å². The Bertz CT molecular complexity index is 561. The molecule has 0 spiro atoms. The van der Waals surface area contributed by atoms with Crippen molar-refractivity contribution in [3.63, 3.8) is 0 Å². The van der Waals surface area contributed by atoms with Crippen LogP contribution in [0.1, 0.15) is 17.3 Å². The molecule has 0 aliphatic carbocycles. The van der Waals surface area contributed by atoms with E-state index in [0.717, 1.165) is 0 Å². The molecule has 0 radical (unpaired) electrons. The third kappa shape index (κ3) is 2.57. The number of aliphatic hydroxyl groups is 1. The van der Waals surface area contributed by atoms with E-state index in [1.807, 2.05) is 0 Å². The average Bonchev–Trinajstić information content (AvgIpc) is 2.33. The summed E-state index contributed by atoms with van der Waals surface area (Å²) in [6.07, 6.45) is 0. The number of anilines is 1. The summed E-state index contributed by atoms with van der Waals surface area (Å²) < 4.78 is 0. The first-order valence-electron chi connectivity index (χ1n) is 6.19. The van der Waals surface area contributed by atoms with Crippen molar-refractivity contribution in [1.29, 1.82) is 0 Å². The van der Waals surface area contributed by atoms with Crippen LogP contribution < -0.4 is 4.90 Å². The van der Waals surface area contributed by atoms with Crippen molar-refractivity contribution in [1.82, 2.24) is 4.90 Å². The van der Waals surface area contributed by atoms with E-state index in [9.17, 15) is 20.0 Å². The fraction of sp³-hybridized carbons (Fsp3) is 0.462. The van der Waals surface area contributed by atoms with E-state index >= 15 is 0 Å². The number of rotatable bonds is 3. The van der Waals surface area contributed by atoms with Gasteiger partial charge in [0.2, 0.25) is 0 Å². The van der Waals surface area contributed by atoms with Crippen molar-refractivity contribution in [2.45, 2.75) is 12.5 Å². The number of hydrogen-bond acceptors (Lipinski definition) is 5. The van der Waals surface area contributed by atoms with Crippen molar-refractivity contribution >= 4 is 17.3 Å². The second kappa shape index (κ2) is 4.75. The van der Waals surface area contributed by atoms with Gasteiger partial charge in [0.05, 0.1) is 10.5 Å². The maximum Gasteiger partial charge on any atom is 0.292 e. The number of β-amino-alcohol motifs (C(OH)–C–C–N with tert-alkyl or cyclic N) is 1. The van der Waals surface area contributed by atoms with Crippen LogP contribution in [0, 0.1) is 10.1 Å². The number of nitro benzene ring substituents is 1. The Morgan fingerprint density at radius 2 is 2.05 bits per heavy atom. The third-order valence-corrected chi connectivity index (χ3v) is 3.23. The van der Waals surface area contributed by atoms with Crippen LogP contribution in [0.15, 0.2) is 18.2 Å². The van der Waals surface area contributed by atoms with Gasteiger partial charge in [-0.1, -0.05) is 0 Å². The summed E-state index contributed by atoms with van der Waals surface area (Å²) in [5.74, 6) is -0.214. The molecule has 1 saturated heterocycles. The summed E-state index contributed by atoms with van der Waals surface area (Å²) in [7, 11) is 3.25. The molecule has 2 rings (SSSR count). The lowest BCUT2D eigenvalue weighted by molar-refractivity contribution is -0.384. The van der Waals surface area contributed by atoms with Gasteiger partial charge in [-0.25, -0.2) is 0 Å². The van der Waals surface area contributed by atoms with Crippen molar-refractivity contribution in [3.05, 3.63) is 33.9 Å². The van der Waals surface area contributed by atoms with Crippen LogP contribution in [0.5, 0.6) is 0 Å². The predicted octanol–water partition coefficient (Wildman–Crippen LogP) is 0.868. The highest BCUT2D eigenvalue weighted by atomic mass is 16.6. The molecular formula is C13H17N3O4. The van der Waals surface area contributed by atoms with E-state index < -0.39 is 10.5 Å². The van der Waals surface area contributed by atoms with Crippen LogP contribution in [0.2, 0.25) is 0 Å². The van der Waals surface area contributed by atoms with Crippen molar-refractivity contribution in [2.75, 3.05) is 32.1 Å². The van der Waals surface area contributed by atoms with Gasteiger partial charge in [-0.05, 0) is 19.1 Å². The quantitative estimate of drug-likeness (QED) is 0.655. The van der Waals surface area contributed by atoms with Crippen molar-refractivity contribution in [3.8, 4) is 0 Å². The van der Waals surface area contributed by atoms with Gasteiger partial charge in [0, 0.05) is 38.8 Å². The van der Waals surface area contributed by atoms with Gasteiger partial charge >= 0.3 is 0 Å².